The van der Waals surface area contributed by atoms with Gasteiger partial charge in [0.15, 0.2) is 10.9 Å². The van der Waals surface area contributed by atoms with Crippen LogP contribution in [-0.2, 0) is 41.6 Å². The van der Waals surface area contributed by atoms with E-state index in [1.165, 1.54) is 24.3 Å². The number of aryl methyl sites for hydroxylation is 1. The second-order valence-electron chi connectivity index (χ2n) is 15.6. The van der Waals surface area contributed by atoms with E-state index in [1.807, 2.05) is 25.1 Å². The molecule has 55 heavy (non-hydrogen) atoms. The number of nitrogens with zero attached hydrogens (tertiary/aromatic N) is 1. The smallest absolute Gasteiger partial charge is 0.223 e. The Balaban J connectivity index is 0.000000221. The van der Waals surface area contributed by atoms with E-state index in [4.69, 9.17) is 5.73 Å². The third-order valence-corrected chi connectivity index (χ3v) is 12.8. The van der Waals surface area contributed by atoms with Gasteiger partial charge in [0.25, 0.3) is 0 Å². The first kappa shape index (κ1) is 44.2. The molecule has 14 heteroatoms. The summed E-state index contributed by atoms with van der Waals surface area (Å²) < 4.78 is 0. The SMILES string of the molecule is CC(=O)NCC1CCC(=O)C(Br)C1.CC(=O)NCC1CCC(=O)CC1.C[C@H](CC(=O)[C@H]1C[C@H](c2ccccc2)CN1)C(=O)NCC1CCc2nc(N)sc2C1. The van der Waals surface area contributed by atoms with Gasteiger partial charge in [-0.15, -0.1) is 11.3 Å². The molecule has 3 unspecified atom stereocenters. The highest BCUT2D eigenvalue weighted by atomic mass is 79.9. The number of ketones is 3. The molecule has 6 N–H and O–H groups in total. The number of fused-ring (bicyclic) bond motifs is 1. The topological polar surface area (TPSA) is 189 Å². The average molecular weight is 844 g/mol. The van der Waals surface area contributed by atoms with E-state index in [2.05, 4.69) is 54.3 Å². The largest absolute Gasteiger partial charge is 0.375 e. The molecule has 3 amide bonds. The molecule has 1 aromatic carbocycles. The number of aromatic nitrogens is 1. The molecule has 3 fully saturated rings. The first-order valence-corrected chi connectivity index (χ1v) is 21.5. The summed E-state index contributed by atoms with van der Waals surface area (Å²) in [4.78, 5) is 74.1. The van der Waals surface area contributed by atoms with Gasteiger partial charge in [-0.2, -0.15) is 0 Å². The van der Waals surface area contributed by atoms with E-state index in [-0.39, 0.29) is 46.7 Å². The number of nitrogen functional groups attached to an aromatic ring is 1. The number of anilines is 1. The second kappa shape index (κ2) is 22.3. The van der Waals surface area contributed by atoms with Crippen LogP contribution in [0.2, 0.25) is 0 Å². The molecular formula is C41H59BrN6O6S. The van der Waals surface area contributed by atoms with Gasteiger partial charge >= 0.3 is 0 Å². The Bertz CT molecular complexity index is 1610. The third-order valence-electron chi connectivity index (χ3n) is 11.0. The highest BCUT2D eigenvalue weighted by Crippen LogP contribution is 2.31. The lowest BCUT2D eigenvalue weighted by atomic mass is 9.88. The number of hydrogen-bond donors (Lipinski definition) is 5. The number of amides is 3. The summed E-state index contributed by atoms with van der Waals surface area (Å²) >= 11 is 4.90. The Morgan fingerprint density at radius 3 is 2.15 bits per heavy atom. The van der Waals surface area contributed by atoms with Crippen LogP contribution >= 0.6 is 27.3 Å². The molecule has 2 aromatic rings. The molecule has 6 atom stereocenters. The van der Waals surface area contributed by atoms with Gasteiger partial charge in [0.1, 0.15) is 11.6 Å². The molecular weight excluding hydrogens is 784 g/mol. The van der Waals surface area contributed by atoms with Crippen LogP contribution < -0.4 is 27.0 Å². The lowest BCUT2D eigenvalue weighted by Gasteiger charge is -2.24. The van der Waals surface area contributed by atoms with Crippen LogP contribution in [0.5, 0.6) is 0 Å². The van der Waals surface area contributed by atoms with Crippen LogP contribution in [0.4, 0.5) is 5.13 Å². The van der Waals surface area contributed by atoms with Gasteiger partial charge in [-0.05, 0) is 80.6 Å². The van der Waals surface area contributed by atoms with Gasteiger partial charge < -0.3 is 27.0 Å². The van der Waals surface area contributed by atoms with Crippen LogP contribution in [0.25, 0.3) is 0 Å². The maximum absolute atomic E-state index is 12.7. The van der Waals surface area contributed by atoms with Gasteiger partial charge in [-0.3, -0.25) is 28.8 Å². The molecule has 4 aliphatic rings. The molecule has 0 radical (unpaired) electrons. The van der Waals surface area contributed by atoms with Crippen molar-refractivity contribution in [1.29, 1.82) is 0 Å². The number of nitrogens with one attached hydrogen (secondary N) is 4. The van der Waals surface area contributed by atoms with E-state index in [0.29, 0.717) is 72.7 Å². The Hall–Kier alpha value is -3.49. The van der Waals surface area contributed by atoms with Crippen LogP contribution in [0.3, 0.4) is 0 Å². The highest BCUT2D eigenvalue weighted by molar-refractivity contribution is 9.10. The molecule has 6 rings (SSSR count). The van der Waals surface area contributed by atoms with Gasteiger partial charge in [-0.25, -0.2) is 4.98 Å². The Morgan fingerprint density at radius 2 is 1.49 bits per heavy atom. The van der Waals surface area contributed by atoms with E-state index in [9.17, 15) is 28.8 Å². The van der Waals surface area contributed by atoms with Gasteiger partial charge in [0.2, 0.25) is 17.7 Å². The predicted octanol–water partition coefficient (Wildman–Crippen LogP) is 4.82. The first-order chi connectivity index (χ1) is 26.3. The summed E-state index contributed by atoms with van der Waals surface area (Å²) in [6.07, 6.45) is 9.62. The Morgan fingerprint density at radius 1 is 0.873 bits per heavy atom. The average Bonchev–Trinajstić information content (AvgIpc) is 3.81. The maximum Gasteiger partial charge on any atom is 0.223 e. The molecule has 3 aliphatic carbocycles. The summed E-state index contributed by atoms with van der Waals surface area (Å²) in [7, 11) is 0. The van der Waals surface area contributed by atoms with Crippen LogP contribution in [-0.4, -0.2) is 77.1 Å². The fourth-order valence-electron chi connectivity index (χ4n) is 7.56. The van der Waals surface area contributed by atoms with Crippen molar-refractivity contribution in [3.8, 4) is 0 Å². The van der Waals surface area contributed by atoms with E-state index >= 15 is 0 Å². The van der Waals surface area contributed by atoms with Gasteiger partial charge in [0.05, 0.1) is 16.6 Å². The summed E-state index contributed by atoms with van der Waals surface area (Å²) in [6, 6.07) is 10.2. The van der Waals surface area contributed by atoms with Gasteiger partial charge in [0, 0.05) is 76.5 Å². The third kappa shape index (κ3) is 15.2. The standard InChI is InChI=1S/C23H30N4O2S.C9H14BrNO2.C9H15NO2/c1-14(9-20(28)19-11-17(13-25-19)16-5-3-2-4-6-16)22(29)26-12-15-7-8-18-21(10-15)30-23(24)27-18;1-6(12)11-5-7-2-3-9(13)8(10)4-7;1-7(11)10-6-8-2-4-9(12)5-3-8/h2-6,14-15,17,19,25H,7-13H2,1H3,(H2,24,27)(H,26,29);7-8H,2-5H2,1H3,(H,11,12);8H,2-6H2,1H3,(H,10,11)/t14-,15?,17+,19-;;/m1../s1. The Labute approximate surface area is 337 Å². The van der Waals surface area contributed by atoms with Crippen molar-refractivity contribution in [2.24, 2.45) is 23.7 Å². The summed E-state index contributed by atoms with van der Waals surface area (Å²) in [5.74, 6) is 2.22. The lowest BCUT2D eigenvalue weighted by Crippen LogP contribution is -2.38. The highest BCUT2D eigenvalue weighted by Gasteiger charge is 2.32. The normalized spacial score (nSPS) is 24.2. The number of benzene rings is 1. The minimum atomic E-state index is -0.312. The van der Waals surface area contributed by atoms with E-state index < -0.39 is 0 Å². The molecule has 1 aromatic heterocycles. The minimum absolute atomic E-state index is 0.00000756. The molecule has 0 bridgehead atoms. The molecule has 2 saturated carbocycles. The maximum atomic E-state index is 12.7. The number of alkyl halides is 1. The summed E-state index contributed by atoms with van der Waals surface area (Å²) in [6.45, 7) is 7.78. The zero-order chi connectivity index (χ0) is 39.9. The van der Waals surface area contributed by atoms with E-state index in [1.54, 1.807) is 11.3 Å². The van der Waals surface area contributed by atoms with Crippen molar-refractivity contribution in [1.82, 2.24) is 26.3 Å². The quantitative estimate of drug-likeness (QED) is 0.198. The molecule has 302 valence electrons. The van der Waals surface area contributed by atoms with Gasteiger partial charge in [-0.1, -0.05) is 53.2 Å². The number of carbonyl (C=O) groups excluding carboxylic acids is 6. The van der Waals surface area contributed by atoms with Crippen molar-refractivity contribution in [2.45, 2.75) is 115 Å². The Kier molecular flexibility index (Phi) is 17.9. The fourth-order valence-corrected chi connectivity index (χ4v) is 9.31. The number of halogens is 1. The zero-order valence-corrected chi connectivity index (χ0v) is 34.9. The number of Topliss-reactive ketones (excluding diaryl/α,β-unsaturated/α-hetero) is 3. The molecule has 12 nitrogen and oxygen atoms in total. The predicted molar refractivity (Wildman–Crippen MR) is 219 cm³/mol. The molecule has 0 spiro atoms. The van der Waals surface area contributed by atoms with Crippen LogP contribution in [0.1, 0.15) is 107 Å². The number of rotatable bonds is 11. The molecule has 1 aliphatic heterocycles. The van der Waals surface area contributed by atoms with Crippen molar-refractivity contribution in [3.05, 3.63) is 46.5 Å². The fraction of sp³-hybridized carbons (Fsp3) is 0.634. The summed E-state index contributed by atoms with van der Waals surface area (Å²) in [5, 5.41) is 12.6. The number of thiazole rings is 1. The van der Waals surface area contributed by atoms with E-state index in [0.717, 1.165) is 70.2 Å². The minimum Gasteiger partial charge on any atom is -0.375 e. The monoisotopic (exact) mass is 842 g/mol. The van der Waals surface area contributed by atoms with Crippen molar-refractivity contribution in [3.63, 3.8) is 0 Å². The first-order valence-electron chi connectivity index (χ1n) is 19.8. The van der Waals surface area contributed by atoms with Crippen molar-refractivity contribution in [2.75, 3.05) is 31.9 Å². The van der Waals surface area contributed by atoms with Crippen molar-refractivity contribution >= 4 is 67.5 Å². The number of hydrogen-bond acceptors (Lipinski definition) is 10. The second-order valence-corrected chi connectivity index (χ2v) is 17.8. The zero-order valence-electron chi connectivity index (χ0n) is 32.5. The molecule has 1 saturated heterocycles. The number of nitrogens with two attached hydrogens (primary N) is 1. The van der Waals surface area contributed by atoms with Crippen LogP contribution in [0, 0.1) is 23.7 Å². The summed E-state index contributed by atoms with van der Waals surface area (Å²) in [5.41, 5.74) is 8.20. The van der Waals surface area contributed by atoms with Crippen LogP contribution in [0.15, 0.2) is 30.3 Å². The van der Waals surface area contributed by atoms with Crippen molar-refractivity contribution < 1.29 is 28.8 Å². The number of carbonyl (C=O) groups is 6. The molecule has 2 heterocycles. The lowest BCUT2D eigenvalue weighted by molar-refractivity contribution is -0.129.